The number of methoxy groups -OCH3 is 2. The van der Waals surface area contributed by atoms with Crippen molar-refractivity contribution in [2.24, 2.45) is 0 Å². The van der Waals surface area contributed by atoms with E-state index in [4.69, 9.17) is 21.1 Å². The standard InChI is InChI=1S/C20H31ClN2O3/c1-25-18-8-7-15(19(21)20(18)26-2)13-22-12-9-16(17(24)14-22)23-10-5-3-4-6-11-23/h7-8,16-17,24H,3-6,9-14H2,1-2H3/t16-,17-/m0/s1. The molecule has 0 aromatic heterocycles. The molecule has 1 aromatic carbocycles. The summed E-state index contributed by atoms with van der Waals surface area (Å²) in [5.41, 5.74) is 1.00. The zero-order valence-corrected chi connectivity index (χ0v) is 16.7. The van der Waals surface area contributed by atoms with Crippen molar-refractivity contribution in [3.05, 3.63) is 22.7 Å². The molecule has 0 spiro atoms. The first-order chi connectivity index (χ1) is 12.6. The van der Waals surface area contributed by atoms with Gasteiger partial charge in [-0.3, -0.25) is 9.80 Å². The Bertz CT molecular complexity index is 591. The SMILES string of the molecule is COc1ccc(CN2CC[C@H](N3CCCCCC3)[C@@H](O)C2)c(Cl)c1OC. The van der Waals surface area contributed by atoms with E-state index in [1.165, 1.54) is 25.7 Å². The Labute approximate surface area is 161 Å². The molecule has 0 bridgehead atoms. The van der Waals surface area contributed by atoms with Gasteiger partial charge in [0.2, 0.25) is 0 Å². The van der Waals surface area contributed by atoms with Crippen molar-refractivity contribution in [3.63, 3.8) is 0 Å². The molecular weight excluding hydrogens is 352 g/mol. The van der Waals surface area contributed by atoms with Crippen molar-refractivity contribution in [3.8, 4) is 11.5 Å². The van der Waals surface area contributed by atoms with Crippen LogP contribution < -0.4 is 9.47 Å². The second kappa shape index (κ2) is 9.27. The van der Waals surface area contributed by atoms with Gasteiger partial charge >= 0.3 is 0 Å². The molecule has 2 aliphatic heterocycles. The molecule has 2 aliphatic rings. The number of benzene rings is 1. The van der Waals surface area contributed by atoms with Crippen LogP contribution in [0.15, 0.2) is 12.1 Å². The highest BCUT2D eigenvalue weighted by Gasteiger charge is 2.32. The fourth-order valence-corrected chi connectivity index (χ4v) is 4.57. The molecule has 5 nitrogen and oxygen atoms in total. The van der Waals surface area contributed by atoms with E-state index in [-0.39, 0.29) is 6.10 Å². The summed E-state index contributed by atoms with van der Waals surface area (Å²) in [7, 11) is 3.21. The fraction of sp³-hybridized carbons (Fsp3) is 0.700. The molecule has 2 fully saturated rings. The molecule has 6 heteroatoms. The van der Waals surface area contributed by atoms with Gasteiger partial charge in [-0.15, -0.1) is 0 Å². The van der Waals surface area contributed by atoms with E-state index in [1.807, 2.05) is 12.1 Å². The van der Waals surface area contributed by atoms with Gasteiger partial charge in [-0.25, -0.2) is 0 Å². The lowest BCUT2D eigenvalue weighted by atomic mass is 9.99. The molecule has 2 atom stereocenters. The molecule has 0 amide bonds. The van der Waals surface area contributed by atoms with Crippen molar-refractivity contribution in [2.45, 2.75) is 50.8 Å². The van der Waals surface area contributed by atoms with Crippen LogP contribution in [0.4, 0.5) is 0 Å². The van der Waals surface area contributed by atoms with Crippen molar-refractivity contribution in [1.29, 1.82) is 0 Å². The van der Waals surface area contributed by atoms with Gasteiger partial charge in [0.1, 0.15) is 0 Å². The maximum Gasteiger partial charge on any atom is 0.179 e. The van der Waals surface area contributed by atoms with E-state index < -0.39 is 0 Å². The number of aliphatic hydroxyl groups excluding tert-OH is 1. The maximum absolute atomic E-state index is 10.8. The minimum atomic E-state index is -0.305. The highest BCUT2D eigenvalue weighted by Crippen LogP contribution is 2.38. The third kappa shape index (κ3) is 4.45. The highest BCUT2D eigenvalue weighted by molar-refractivity contribution is 6.33. The van der Waals surface area contributed by atoms with Crippen LogP contribution in [0.2, 0.25) is 5.02 Å². The average molecular weight is 383 g/mol. The van der Waals surface area contributed by atoms with Crippen LogP contribution in [0.1, 0.15) is 37.7 Å². The highest BCUT2D eigenvalue weighted by atomic mass is 35.5. The second-order valence-corrected chi connectivity index (χ2v) is 7.76. The zero-order valence-electron chi connectivity index (χ0n) is 15.9. The third-order valence-corrected chi connectivity index (χ3v) is 6.11. The molecule has 0 radical (unpaired) electrons. The quantitative estimate of drug-likeness (QED) is 0.847. The van der Waals surface area contributed by atoms with Crippen molar-refractivity contribution >= 4 is 11.6 Å². The first-order valence-corrected chi connectivity index (χ1v) is 10.1. The van der Waals surface area contributed by atoms with Crippen LogP contribution in [0.25, 0.3) is 0 Å². The van der Waals surface area contributed by atoms with Gasteiger partial charge < -0.3 is 14.6 Å². The van der Waals surface area contributed by atoms with Gasteiger partial charge in [-0.05, 0) is 44.0 Å². The number of hydrogen-bond donors (Lipinski definition) is 1. The molecule has 3 rings (SSSR count). The average Bonchev–Trinajstić information content (AvgIpc) is 2.92. The zero-order chi connectivity index (χ0) is 18.5. The molecule has 0 unspecified atom stereocenters. The predicted molar refractivity (Wildman–Crippen MR) is 104 cm³/mol. The van der Waals surface area contributed by atoms with Crippen LogP contribution in [0, 0.1) is 0 Å². The molecule has 1 aromatic rings. The molecule has 2 heterocycles. The molecule has 0 saturated carbocycles. The van der Waals surface area contributed by atoms with Gasteiger partial charge in [0.25, 0.3) is 0 Å². The van der Waals surface area contributed by atoms with E-state index in [0.29, 0.717) is 35.7 Å². The summed E-state index contributed by atoms with van der Waals surface area (Å²) in [5, 5.41) is 11.3. The number of piperidine rings is 1. The van der Waals surface area contributed by atoms with Crippen molar-refractivity contribution in [1.82, 2.24) is 9.80 Å². The third-order valence-electron chi connectivity index (χ3n) is 5.70. The van der Waals surface area contributed by atoms with Crippen LogP contribution in [-0.4, -0.2) is 67.5 Å². The van der Waals surface area contributed by atoms with Crippen LogP contribution in [-0.2, 0) is 6.54 Å². The lowest BCUT2D eigenvalue weighted by Crippen LogP contribution is -2.54. The van der Waals surface area contributed by atoms with Gasteiger partial charge in [-0.2, -0.15) is 0 Å². The first-order valence-electron chi connectivity index (χ1n) is 9.68. The lowest BCUT2D eigenvalue weighted by molar-refractivity contribution is -0.0144. The predicted octanol–water partition coefficient (Wildman–Crippen LogP) is 3.17. The van der Waals surface area contributed by atoms with Gasteiger partial charge in [0.05, 0.1) is 25.3 Å². The number of rotatable bonds is 5. The molecule has 1 N–H and O–H groups in total. The summed E-state index contributed by atoms with van der Waals surface area (Å²) in [5.74, 6) is 1.22. The molecular formula is C20H31ClN2O3. The minimum Gasteiger partial charge on any atom is -0.493 e. The Balaban J connectivity index is 1.62. The number of halogens is 1. The minimum absolute atomic E-state index is 0.297. The van der Waals surface area contributed by atoms with Crippen LogP contribution in [0.3, 0.4) is 0 Å². The van der Waals surface area contributed by atoms with Crippen LogP contribution in [0.5, 0.6) is 11.5 Å². The van der Waals surface area contributed by atoms with E-state index in [9.17, 15) is 5.11 Å². The van der Waals surface area contributed by atoms with E-state index >= 15 is 0 Å². The van der Waals surface area contributed by atoms with Crippen LogP contribution >= 0.6 is 11.6 Å². The number of β-amino-alcohol motifs (C(OH)–C–C–N with tert-alkyl or cyclic N) is 1. The van der Waals surface area contributed by atoms with Crippen molar-refractivity contribution < 1.29 is 14.6 Å². The second-order valence-electron chi connectivity index (χ2n) is 7.38. The monoisotopic (exact) mass is 382 g/mol. The Morgan fingerprint density at radius 2 is 1.81 bits per heavy atom. The smallest absolute Gasteiger partial charge is 0.179 e. The first kappa shape index (κ1) is 19.7. The Morgan fingerprint density at radius 3 is 2.42 bits per heavy atom. The molecule has 2 saturated heterocycles. The fourth-order valence-electron chi connectivity index (χ4n) is 4.27. The van der Waals surface area contributed by atoms with Gasteiger partial charge in [-0.1, -0.05) is 30.5 Å². The Hall–Kier alpha value is -1.01. The van der Waals surface area contributed by atoms with E-state index in [2.05, 4.69) is 9.80 Å². The summed E-state index contributed by atoms with van der Waals surface area (Å²) >= 11 is 6.51. The Kier molecular flexibility index (Phi) is 7.04. The summed E-state index contributed by atoms with van der Waals surface area (Å²) < 4.78 is 10.7. The van der Waals surface area contributed by atoms with Gasteiger partial charge in [0.15, 0.2) is 11.5 Å². The Morgan fingerprint density at radius 1 is 1.08 bits per heavy atom. The normalized spacial score (nSPS) is 25.7. The maximum atomic E-state index is 10.8. The molecule has 146 valence electrons. The molecule has 0 aliphatic carbocycles. The largest absolute Gasteiger partial charge is 0.493 e. The number of ether oxygens (including phenoxy) is 2. The summed E-state index contributed by atoms with van der Waals surface area (Å²) in [6.07, 6.45) is 5.86. The topological polar surface area (TPSA) is 45.2 Å². The number of hydrogen-bond acceptors (Lipinski definition) is 5. The number of likely N-dealkylation sites (tertiary alicyclic amines) is 2. The van der Waals surface area contributed by atoms with Crippen molar-refractivity contribution in [2.75, 3.05) is 40.4 Å². The molecule has 26 heavy (non-hydrogen) atoms. The summed E-state index contributed by atoms with van der Waals surface area (Å²) in [4.78, 5) is 4.80. The number of nitrogens with zero attached hydrogens (tertiary/aromatic N) is 2. The van der Waals surface area contributed by atoms with Gasteiger partial charge in [0, 0.05) is 25.7 Å². The van der Waals surface area contributed by atoms with E-state index in [0.717, 1.165) is 31.6 Å². The lowest BCUT2D eigenvalue weighted by Gasteiger charge is -2.41. The summed E-state index contributed by atoms with van der Waals surface area (Å²) in [6.45, 7) is 4.63. The summed E-state index contributed by atoms with van der Waals surface area (Å²) in [6, 6.07) is 4.17. The number of aliphatic hydroxyl groups is 1. The van der Waals surface area contributed by atoms with E-state index in [1.54, 1.807) is 14.2 Å².